The summed E-state index contributed by atoms with van der Waals surface area (Å²) in [5, 5.41) is 7.12. The molecule has 0 bridgehead atoms. The summed E-state index contributed by atoms with van der Waals surface area (Å²) in [4.78, 5) is 0. The van der Waals surface area contributed by atoms with E-state index in [0.29, 0.717) is 27.3 Å². The average Bonchev–Trinajstić information content (AvgIpc) is 2.49. The molecule has 0 fully saturated rings. The number of hydrogen-bond acceptors (Lipinski definition) is 3. The Morgan fingerprint density at radius 1 is 1.00 bits per heavy atom. The molecule has 2 rings (SSSR count). The maximum Gasteiger partial charge on any atom is 0.175 e. The molecule has 0 saturated carbocycles. The van der Waals surface area contributed by atoms with Crippen molar-refractivity contribution < 1.29 is 9.47 Å². The quantitative estimate of drug-likeness (QED) is 0.827. The van der Waals surface area contributed by atoms with Gasteiger partial charge in [0.15, 0.2) is 5.11 Å². The molecule has 0 aliphatic carbocycles. The second-order valence-corrected chi connectivity index (χ2v) is 4.94. The Morgan fingerprint density at radius 2 is 1.71 bits per heavy atom. The number of thiocarbonyl (C=S) groups is 1. The predicted molar refractivity (Wildman–Crippen MR) is 90.8 cm³/mol. The summed E-state index contributed by atoms with van der Waals surface area (Å²) in [6.07, 6.45) is 0. The maximum atomic E-state index is 6.08. The standard InChI is InChI=1S/C15H15ClN2O2S/c1-19-10-7-8-14(20-2)13(9-10)18-15(21)17-12-6-4-3-5-11(12)16/h3-9H,1-2H3,(H2,17,18,21). The molecule has 2 aromatic rings. The van der Waals surface area contributed by atoms with Crippen molar-refractivity contribution in [2.75, 3.05) is 24.9 Å². The van der Waals surface area contributed by atoms with E-state index in [0.717, 1.165) is 5.69 Å². The molecule has 21 heavy (non-hydrogen) atoms. The maximum absolute atomic E-state index is 6.08. The third kappa shape index (κ3) is 4.00. The number of para-hydroxylation sites is 1. The normalized spacial score (nSPS) is 9.86. The zero-order valence-electron chi connectivity index (χ0n) is 11.6. The lowest BCUT2D eigenvalue weighted by atomic mass is 10.2. The lowest BCUT2D eigenvalue weighted by molar-refractivity contribution is 0.405. The third-order valence-electron chi connectivity index (χ3n) is 2.78. The van der Waals surface area contributed by atoms with Crippen LogP contribution in [0.2, 0.25) is 5.02 Å². The van der Waals surface area contributed by atoms with Crippen LogP contribution in [-0.4, -0.2) is 19.3 Å². The summed E-state index contributed by atoms with van der Waals surface area (Å²) < 4.78 is 10.5. The molecule has 0 heterocycles. The molecule has 110 valence electrons. The van der Waals surface area contributed by atoms with Crippen LogP contribution in [0.3, 0.4) is 0 Å². The average molecular weight is 323 g/mol. The van der Waals surface area contributed by atoms with E-state index >= 15 is 0 Å². The molecule has 0 radical (unpaired) electrons. The van der Waals surface area contributed by atoms with Crippen molar-refractivity contribution >= 4 is 40.3 Å². The number of anilines is 2. The van der Waals surface area contributed by atoms with Crippen molar-refractivity contribution in [3.8, 4) is 11.5 Å². The Hall–Kier alpha value is -1.98. The van der Waals surface area contributed by atoms with E-state index in [1.807, 2.05) is 24.3 Å². The van der Waals surface area contributed by atoms with Gasteiger partial charge in [-0.25, -0.2) is 0 Å². The number of methoxy groups -OCH3 is 2. The van der Waals surface area contributed by atoms with Crippen molar-refractivity contribution in [3.05, 3.63) is 47.5 Å². The smallest absolute Gasteiger partial charge is 0.175 e. The Labute approximate surface area is 134 Å². The van der Waals surface area contributed by atoms with Crippen LogP contribution < -0.4 is 20.1 Å². The van der Waals surface area contributed by atoms with Gasteiger partial charge in [-0.3, -0.25) is 0 Å². The molecule has 0 unspecified atom stereocenters. The molecule has 0 saturated heterocycles. The van der Waals surface area contributed by atoms with E-state index in [9.17, 15) is 0 Å². The van der Waals surface area contributed by atoms with E-state index in [2.05, 4.69) is 10.6 Å². The minimum atomic E-state index is 0.412. The van der Waals surface area contributed by atoms with Crippen molar-refractivity contribution in [3.63, 3.8) is 0 Å². The molecule has 6 heteroatoms. The molecule has 4 nitrogen and oxygen atoms in total. The lowest BCUT2D eigenvalue weighted by Crippen LogP contribution is -2.19. The van der Waals surface area contributed by atoms with Gasteiger partial charge in [-0.2, -0.15) is 0 Å². The van der Waals surface area contributed by atoms with E-state index in [-0.39, 0.29) is 0 Å². The highest BCUT2D eigenvalue weighted by Gasteiger charge is 2.08. The fourth-order valence-electron chi connectivity index (χ4n) is 1.75. The molecule has 0 amide bonds. The van der Waals surface area contributed by atoms with Gasteiger partial charge in [-0.15, -0.1) is 0 Å². The van der Waals surface area contributed by atoms with Gasteiger partial charge in [0, 0.05) is 6.07 Å². The SMILES string of the molecule is COc1ccc(OC)c(NC(=S)Nc2ccccc2Cl)c1. The van der Waals surface area contributed by atoms with Gasteiger partial charge in [0.1, 0.15) is 11.5 Å². The molecule has 0 spiro atoms. The number of ether oxygens (including phenoxy) is 2. The number of benzene rings is 2. The third-order valence-corrected chi connectivity index (χ3v) is 3.31. The summed E-state index contributed by atoms with van der Waals surface area (Å²) in [6.45, 7) is 0. The van der Waals surface area contributed by atoms with E-state index < -0.39 is 0 Å². The first kappa shape index (κ1) is 15.4. The zero-order valence-corrected chi connectivity index (χ0v) is 13.2. The van der Waals surface area contributed by atoms with Crippen molar-refractivity contribution in [2.45, 2.75) is 0 Å². The van der Waals surface area contributed by atoms with Gasteiger partial charge in [0.25, 0.3) is 0 Å². The van der Waals surface area contributed by atoms with E-state index in [1.165, 1.54) is 0 Å². The molecule has 0 atom stereocenters. The number of rotatable bonds is 4. The number of nitrogens with one attached hydrogen (secondary N) is 2. The molecule has 0 aliphatic rings. The molecular formula is C15H15ClN2O2S. The number of halogens is 1. The predicted octanol–water partition coefficient (Wildman–Crippen LogP) is 4.17. The Bertz CT molecular complexity index is 649. The van der Waals surface area contributed by atoms with Crippen LogP contribution in [0.25, 0.3) is 0 Å². The van der Waals surface area contributed by atoms with Crippen LogP contribution in [0.4, 0.5) is 11.4 Å². The molecule has 0 aromatic heterocycles. The van der Waals surface area contributed by atoms with Crippen LogP contribution in [0, 0.1) is 0 Å². The fourth-order valence-corrected chi connectivity index (χ4v) is 2.15. The van der Waals surface area contributed by atoms with Crippen LogP contribution in [0.15, 0.2) is 42.5 Å². The van der Waals surface area contributed by atoms with Crippen molar-refractivity contribution in [1.82, 2.24) is 0 Å². The lowest BCUT2D eigenvalue weighted by Gasteiger charge is -2.15. The minimum absolute atomic E-state index is 0.412. The minimum Gasteiger partial charge on any atom is -0.497 e. The highest BCUT2D eigenvalue weighted by Crippen LogP contribution is 2.29. The first-order valence-corrected chi connectivity index (χ1v) is 6.97. The van der Waals surface area contributed by atoms with Gasteiger partial charge in [-0.05, 0) is 36.5 Å². The largest absolute Gasteiger partial charge is 0.497 e. The molecular weight excluding hydrogens is 308 g/mol. The van der Waals surface area contributed by atoms with Gasteiger partial charge >= 0.3 is 0 Å². The Morgan fingerprint density at radius 3 is 2.38 bits per heavy atom. The van der Waals surface area contributed by atoms with E-state index in [4.69, 9.17) is 33.3 Å². The van der Waals surface area contributed by atoms with E-state index in [1.54, 1.807) is 32.4 Å². The van der Waals surface area contributed by atoms with Crippen molar-refractivity contribution in [2.24, 2.45) is 0 Å². The van der Waals surface area contributed by atoms with Gasteiger partial charge in [0.05, 0.1) is 30.6 Å². The van der Waals surface area contributed by atoms with Crippen LogP contribution in [0.1, 0.15) is 0 Å². The first-order valence-electron chi connectivity index (χ1n) is 6.18. The summed E-state index contributed by atoms with van der Waals surface area (Å²) in [7, 11) is 3.20. The van der Waals surface area contributed by atoms with Gasteiger partial charge in [0.2, 0.25) is 0 Å². The Balaban J connectivity index is 2.14. The monoisotopic (exact) mass is 322 g/mol. The zero-order chi connectivity index (χ0) is 15.2. The van der Waals surface area contributed by atoms with Gasteiger partial charge < -0.3 is 20.1 Å². The molecule has 2 N–H and O–H groups in total. The van der Waals surface area contributed by atoms with Crippen LogP contribution >= 0.6 is 23.8 Å². The van der Waals surface area contributed by atoms with Crippen LogP contribution in [0.5, 0.6) is 11.5 Å². The summed E-state index contributed by atoms with van der Waals surface area (Å²) in [5.74, 6) is 1.37. The van der Waals surface area contributed by atoms with Crippen molar-refractivity contribution in [1.29, 1.82) is 0 Å². The summed E-state index contributed by atoms with van der Waals surface area (Å²) in [6, 6.07) is 12.8. The first-order chi connectivity index (χ1) is 10.1. The second-order valence-electron chi connectivity index (χ2n) is 4.13. The Kier molecular flexibility index (Phi) is 5.25. The summed E-state index contributed by atoms with van der Waals surface area (Å²) >= 11 is 11.4. The topological polar surface area (TPSA) is 42.5 Å². The second kappa shape index (κ2) is 7.15. The molecule has 2 aromatic carbocycles. The van der Waals surface area contributed by atoms with Gasteiger partial charge in [-0.1, -0.05) is 23.7 Å². The highest BCUT2D eigenvalue weighted by atomic mass is 35.5. The number of hydrogen-bond donors (Lipinski definition) is 2. The highest BCUT2D eigenvalue weighted by molar-refractivity contribution is 7.80. The molecule has 0 aliphatic heterocycles. The summed E-state index contributed by atoms with van der Waals surface area (Å²) in [5.41, 5.74) is 1.44. The fraction of sp³-hybridized carbons (Fsp3) is 0.133. The van der Waals surface area contributed by atoms with Crippen LogP contribution in [-0.2, 0) is 0 Å².